The van der Waals surface area contributed by atoms with E-state index >= 15 is 0 Å². The summed E-state index contributed by atoms with van der Waals surface area (Å²) in [5.74, 6) is 0. The van der Waals surface area contributed by atoms with Crippen molar-refractivity contribution in [2.24, 2.45) is 0 Å². The lowest BCUT2D eigenvalue weighted by Crippen LogP contribution is -2.02. The monoisotopic (exact) mass is 283 g/mol. The number of benzene rings is 1. The van der Waals surface area contributed by atoms with Gasteiger partial charge in [-0.3, -0.25) is 4.18 Å². The van der Waals surface area contributed by atoms with Gasteiger partial charge in [-0.1, -0.05) is 11.6 Å². The van der Waals surface area contributed by atoms with E-state index in [1.54, 1.807) is 0 Å². The van der Waals surface area contributed by atoms with E-state index in [1.807, 2.05) is 0 Å². The van der Waals surface area contributed by atoms with Crippen LogP contribution in [0.3, 0.4) is 0 Å². The third kappa shape index (κ3) is 3.97. The molecule has 1 N–H and O–H groups in total. The number of rotatable bonds is 4. The van der Waals surface area contributed by atoms with Crippen molar-refractivity contribution in [1.82, 2.24) is 0 Å². The number of hydrogen-bond donors (Lipinski definition) is 1. The van der Waals surface area contributed by atoms with Gasteiger partial charge >= 0.3 is 5.69 Å². The van der Waals surface area contributed by atoms with Crippen LogP contribution in [0, 0.1) is 4.91 Å². The normalized spacial score (nSPS) is 11.4. The second-order valence-electron chi connectivity index (χ2n) is 2.72. The van der Waals surface area contributed by atoms with E-state index < -0.39 is 9.15 Å². The van der Waals surface area contributed by atoms with E-state index in [4.69, 9.17) is 16.8 Å². The quantitative estimate of drug-likeness (QED) is 0.511. The lowest BCUT2D eigenvalue weighted by atomic mass is 10.2. The molecule has 0 atom stereocenters. The molecular formula is C7H6ClNO5S2. The molecule has 1 rings (SSSR count). The van der Waals surface area contributed by atoms with Crippen LogP contribution in [-0.4, -0.2) is 18.5 Å². The highest BCUT2D eigenvalue weighted by atomic mass is 35.5. The van der Waals surface area contributed by atoms with Gasteiger partial charge in [0.1, 0.15) is 9.15 Å². The Bertz CT molecular complexity index is 516. The van der Waals surface area contributed by atoms with E-state index in [9.17, 15) is 13.3 Å². The molecule has 6 nitrogen and oxygen atoms in total. The van der Waals surface area contributed by atoms with Gasteiger partial charge in [-0.15, -0.1) is 0 Å². The SMILES string of the molecule is O=[N+](O)c1ccc(COS(=O)(=O)[S-])c(Cl)c1. The minimum Gasteiger partial charge on any atom is -0.619 e. The molecule has 0 unspecified atom stereocenters. The van der Waals surface area contributed by atoms with E-state index in [-0.39, 0.29) is 22.2 Å². The molecule has 0 aromatic heterocycles. The molecule has 0 radical (unpaired) electrons. The summed E-state index contributed by atoms with van der Waals surface area (Å²) in [6.45, 7) is -0.324. The first kappa shape index (κ1) is 13.2. The number of hydrogen-bond acceptors (Lipinski definition) is 5. The first-order valence-electron chi connectivity index (χ1n) is 3.84. The molecule has 0 amide bonds. The molecule has 0 fully saturated rings. The molecule has 88 valence electrons. The molecule has 0 saturated carbocycles. The molecule has 0 aliphatic carbocycles. The smallest absolute Gasteiger partial charge is 0.318 e. The van der Waals surface area contributed by atoms with Gasteiger partial charge in [-0.05, 0) is 11.6 Å². The zero-order valence-electron chi connectivity index (χ0n) is 7.66. The lowest BCUT2D eigenvalue weighted by Gasteiger charge is -2.08. The van der Waals surface area contributed by atoms with Crippen LogP contribution in [0.1, 0.15) is 5.56 Å². The Labute approximate surface area is 101 Å². The van der Waals surface area contributed by atoms with E-state index in [0.29, 0.717) is 5.56 Å². The van der Waals surface area contributed by atoms with Gasteiger partial charge in [0, 0.05) is 12.1 Å². The predicted molar refractivity (Wildman–Crippen MR) is 57.6 cm³/mol. The van der Waals surface area contributed by atoms with Crippen LogP contribution in [-0.2, 0) is 31.6 Å². The van der Waals surface area contributed by atoms with Crippen LogP contribution < -0.4 is 0 Å². The highest BCUT2D eigenvalue weighted by Gasteiger charge is 2.14. The summed E-state index contributed by atoms with van der Waals surface area (Å²) in [5, 5.41) is 8.66. The van der Waals surface area contributed by atoms with Crippen molar-refractivity contribution >= 4 is 38.1 Å². The Morgan fingerprint density at radius 1 is 1.50 bits per heavy atom. The molecule has 16 heavy (non-hydrogen) atoms. The molecule has 1 aromatic rings. The molecule has 0 spiro atoms. The Morgan fingerprint density at radius 2 is 2.12 bits per heavy atom. The minimum absolute atomic E-state index is 0.0741. The van der Waals surface area contributed by atoms with Gasteiger partial charge in [0.25, 0.3) is 4.92 Å². The molecule has 0 bridgehead atoms. The molecule has 0 aliphatic rings. The van der Waals surface area contributed by atoms with Gasteiger partial charge in [0.05, 0.1) is 16.5 Å². The van der Waals surface area contributed by atoms with Crippen molar-refractivity contribution in [3.63, 3.8) is 0 Å². The van der Waals surface area contributed by atoms with Crippen LogP contribution in [0.4, 0.5) is 5.69 Å². The van der Waals surface area contributed by atoms with Gasteiger partial charge < -0.3 is 11.7 Å². The first-order chi connectivity index (χ1) is 7.29. The Morgan fingerprint density at radius 3 is 2.56 bits per heavy atom. The van der Waals surface area contributed by atoms with E-state index in [0.717, 1.165) is 0 Å². The van der Waals surface area contributed by atoms with Gasteiger partial charge in [0.15, 0.2) is 0 Å². The van der Waals surface area contributed by atoms with Crippen molar-refractivity contribution in [3.05, 3.63) is 33.7 Å². The zero-order chi connectivity index (χ0) is 12.3. The van der Waals surface area contributed by atoms with Crippen LogP contribution in [0.2, 0.25) is 5.02 Å². The van der Waals surface area contributed by atoms with Crippen LogP contribution >= 0.6 is 11.6 Å². The second kappa shape index (κ2) is 5.00. The summed E-state index contributed by atoms with van der Waals surface area (Å²) in [6.07, 6.45) is 0. The van der Waals surface area contributed by atoms with Crippen molar-refractivity contribution in [1.29, 1.82) is 0 Å². The Balaban J connectivity index is 2.88. The van der Waals surface area contributed by atoms with Crippen LogP contribution in [0.25, 0.3) is 0 Å². The van der Waals surface area contributed by atoms with Crippen molar-refractivity contribution < 1.29 is 22.7 Å². The van der Waals surface area contributed by atoms with Gasteiger partial charge in [-0.25, -0.2) is 13.6 Å². The topological polar surface area (TPSA) is 83.7 Å². The maximum Gasteiger partial charge on any atom is 0.318 e. The van der Waals surface area contributed by atoms with Crippen molar-refractivity contribution in [2.45, 2.75) is 6.61 Å². The maximum atomic E-state index is 10.5. The van der Waals surface area contributed by atoms with Crippen molar-refractivity contribution in [3.8, 4) is 0 Å². The summed E-state index contributed by atoms with van der Waals surface area (Å²) < 4.78 is 25.4. The third-order valence-electron chi connectivity index (χ3n) is 1.62. The van der Waals surface area contributed by atoms with Crippen LogP contribution in [0.5, 0.6) is 0 Å². The summed E-state index contributed by atoms with van der Waals surface area (Å²) >= 11 is 9.72. The molecule has 0 aliphatic heterocycles. The van der Waals surface area contributed by atoms with Gasteiger partial charge in [0.2, 0.25) is 0 Å². The Hall–Kier alpha value is -0.830. The average molecular weight is 284 g/mol. The Kier molecular flexibility index (Phi) is 4.14. The number of halogens is 1. The molecule has 9 heteroatoms. The van der Waals surface area contributed by atoms with Gasteiger partial charge in [-0.2, -0.15) is 0 Å². The summed E-state index contributed by atoms with van der Waals surface area (Å²) in [5.41, 5.74) is 0.260. The second-order valence-corrected chi connectivity index (χ2v) is 5.40. The first-order valence-corrected chi connectivity index (χ1v) is 6.55. The summed E-state index contributed by atoms with van der Waals surface area (Å²) in [7, 11) is -3.96. The predicted octanol–water partition coefficient (Wildman–Crippen LogP) is 1.45. The highest BCUT2D eigenvalue weighted by Crippen LogP contribution is 2.23. The standard InChI is InChI=1S/C7H6ClNO5S2/c8-7-3-6(9(10)11)2-1-5(7)4-14-16(12,13)15/h1-3H,4H2,(H-,10,11,12,13,15). The van der Waals surface area contributed by atoms with E-state index in [1.165, 1.54) is 18.2 Å². The van der Waals surface area contributed by atoms with E-state index in [2.05, 4.69) is 15.8 Å². The molecule has 1 aromatic carbocycles. The van der Waals surface area contributed by atoms with Crippen molar-refractivity contribution in [2.75, 3.05) is 0 Å². The number of nitrogens with zero attached hydrogens (tertiary/aromatic N) is 1. The fourth-order valence-corrected chi connectivity index (χ4v) is 1.55. The zero-order valence-corrected chi connectivity index (χ0v) is 10.0. The highest BCUT2D eigenvalue weighted by molar-refractivity contribution is 8.51. The molecular weight excluding hydrogens is 278 g/mol. The molecule has 0 saturated heterocycles. The lowest BCUT2D eigenvalue weighted by molar-refractivity contribution is -0.729. The summed E-state index contributed by atoms with van der Waals surface area (Å²) in [4.78, 5) is 10.1. The fraction of sp³-hybridized carbons (Fsp3) is 0.143. The third-order valence-corrected chi connectivity index (χ3v) is 2.66. The largest absolute Gasteiger partial charge is 0.619 e. The van der Waals surface area contributed by atoms with Crippen LogP contribution in [0.15, 0.2) is 18.2 Å². The summed E-state index contributed by atoms with van der Waals surface area (Å²) in [6, 6.07) is 3.77. The average Bonchev–Trinajstić information content (AvgIpc) is 2.14. The fourth-order valence-electron chi connectivity index (χ4n) is 0.908. The molecule has 0 heterocycles. The minimum atomic E-state index is -3.96. The maximum absolute atomic E-state index is 10.5.